The van der Waals surface area contributed by atoms with Gasteiger partial charge < -0.3 is 15.5 Å². The third kappa shape index (κ3) is 4.60. The third-order valence-corrected chi connectivity index (χ3v) is 4.80. The molecule has 1 fully saturated rings. The summed E-state index contributed by atoms with van der Waals surface area (Å²) in [7, 11) is 0. The van der Waals surface area contributed by atoms with Crippen LogP contribution in [0.2, 0.25) is 0 Å². The van der Waals surface area contributed by atoms with Crippen molar-refractivity contribution in [3.8, 4) is 0 Å². The summed E-state index contributed by atoms with van der Waals surface area (Å²) in [4.78, 5) is 26.2. The van der Waals surface area contributed by atoms with Crippen molar-refractivity contribution in [2.45, 2.75) is 18.9 Å². The lowest BCUT2D eigenvalue weighted by Gasteiger charge is -2.32. The van der Waals surface area contributed by atoms with E-state index in [2.05, 4.69) is 26.6 Å². The van der Waals surface area contributed by atoms with Crippen molar-refractivity contribution in [3.63, 3.8) is 0 Å². The van der Waals surface area contributed by atoms with Crippen LogP contribution in [0.4, 0.5) is 14.9 Å². The van der Waals surface area contributed by atoms with Gasteiger partial charge in [0.2, 0.25) is 0 Å². The molecule has 1 aliphatic rings. The number of nitrogens with one attached hydrogen (secondary N) is 2. The number of hydrogen-bond acceptors (Lipinski definition) is 2. The Morgan fingerprint density at radius 1 is 1.08 bits per heavy atom. The van der Waals surface area contributed by atoms with Gasteiger partial charge in [-0.15, -0.1) is 0 Å². The first-order chi connectivity index (χ1) is 12.5. The number of benzene rings is 2. The molecule has 2 aromatic carbocycles. The Morgan fingerprint density at radius 3 is 2.46 bits per heavy atom. The van der Waals surface area contributed by atoms with Gasteiger partial charge in [0.1, 0.15) is 5.82 Å². The lowest BCUT2D eigenvalue weighted by Crippen LogP contribution is -2.47. The van der Waals surface area contributed by atoms with Gasteiger partial charge in [-0.1, -0.05) is 34.1 Å². The maximum atomic E-state index is 13.9. The number of urea groups is 1. The van der Waals surface area contributed by atoms with Crippen LogP contribution < -0.4 is 10.6 Å². The van der Waals surface area contributed by atoms with Crippen LogP contribution in [0.3, 0.4) is 0 Å². The van der Waals surface area contributed by atoms with E-state index >= 15 is 0 Å². The van der Waals surface area contributed by atoms with Crippen molar-refractivity contribution in [2.24, 2.45) is 0 Å². The maximum Gasteiger partial charge on any atom is 0.319 e. The van der Waals surface area contributed by atoms with Crippen molar-refractivity contribution in [1.29, 1.82) is 0 Å². The molecule has 2 aromatic rings. The zero-order chi connectivity index (χ0) is 18.5. The summed E-state index contributed by atoms with van der Waals surface area (Å²) in [5.41, 5.74) is 0.787. The maximum absolute atomic E-state index is 13.9. The van der Waals surface area contributed by atoms with E-state index in [-0.39, 0.29) is 23.5 Å². The minimum atomic E-state index is -0.527. The van der Waals surface area contributed by atoms with Gasteiger partial charge in [-0.3, -0.25) is 4.79 Å². The SMILES string of the molecule is O=C(Nc1ccccc1)NC1CCN(C(=O)c2cc(Br)ccc2F)CC1. The molecule has 0 spiro atoms. The van der Waals surface area contributed by atoms with Crippen molar-refractivity contribution in [3.05, 3.63) is 64.4 Å². The van der Waals surface area contributed by atoms with Gasteiger partial charge >= 0.3 is 6.03 Å². The summed E-state index contributed by atoms with van der Waals surface area (Å²) < 4.78 is 14.6. The number of amides is 3. The van der Waals surface area contributed by atoms with Gasteiger partial charge in [0, 0.05) is 29.3 Å². The lowest BCUT2D eigenvalue weighted by molar-refractivity contribution is 0.0704. The number of carbonyl (C=O) groups is 2. The summed E-state index contributed by atoms with van der Waals surface area (Å²) in [5.74, 6) is -0.850. The van der Waals surface area contributed by atoms with Crippen LogP contribution in [-0.4, -0.2) is 36.0 Å². The molecule has 3 rings (SSSR count). The van der Waals surface area contributed by atoms with E-state index in [0.29, 0.717) is 30.4 Å². The summed E-state index contributed by atoms with van der Waals surface area (Å²) in [6, 6.07) is 13.3. The molecule has 0 aromatic heterocycles. The Hall–Kier alpha value is -2.41. The topological polar surface area (TPSA) is 61.4 Å². The van der Waals surface area contributed by atoms with Gasteiger partial charge in [-0.2, -0.15) is 0 Å². The Balaban J connectivity index is 1.51. The fourth-order valence-corrected chi connectivity index (χ4v) is 3.29. The Bertz CT molecular complexity index is 793. The zero-order valence-electron chi connectivity index (χ0n) is 14.0. The first kappa shape index (κ1) is 18.4. The second-order valence-corrected chi connectivity index (χ2v) is 7.07. The molecule has 0 atom stereocenters. The minimum absolute atomic E-state index is 0.0184. The summed E-state index contributed by atoms with van der Waals surface area (Å²) >= 11 is 3.26. The van der Waals surface area contributed by atoms with Gasteiger partial charge in [-0.25, -0.2) is 9.18 Å². The standard InChI is InChI=1S/C19H19BrFN3O2/c20-13-6-7-17(21)16(12-13)18(25)24-10-8-15(9-11-24)23-19(26)22-14-4-2-1-3-5-14/h1-7,12,15H,8-11H2,(H2,22,23,26). The predicted octanol–water partition coefficient (Wildman–Crippen LogP) is 4.01. The van der Waals surface area contributed by atoms with E-state index in [0.717, 1.165) is 5.69 Å². The molecule has 3 amide bonds. The minimum Gasteiger partial charge on any atom is -0.338 e. The highest BCUT2D eigenvalue weighted by Crippen LogP contribution is 2.20. The van der Waals surface area contributed by atoms with Gasteiger partial charge in [-0.05, 0) is 43.2 Å². The van der Waals surface area contributed by atoms with E-state index in [1.807, 2.05) is 30.3 Å². The number of halogens is 2. The van der Waals surface area contributed by atoms with E-state index < -0.39 is 5.82 Å². The van der Waals surface area contributed by atoms with Crippen LogP contribution in [0, 0.1) is 5.82 Å². The Morgan fingerprint density at radius 2 is 1.77 bits per heavy atom. The molecule has 0 saturated carbocycles. The Kier molecular flexibility index (Phi) is 5.88. The van der Waals surface area contributed by atoms with E-state index in [1.54, 1.807) is 11.0 Å². The molecule has 2 N–H and O–H groups in total. The highest BCUT2D eigenvalue weighted by Gasteiger charge is 2.26. The second-order valence-electron chi connectivity index (χ2n) is 6.16. The molecular formula is C19H19BrFN3O2. The number of nitrogens with zero attached hydrogens (tertiary/aromatic N) is 1. The first-order valence-corrected chi connectivity index (χ1v) is 9.19. The quantitative estimate of drug-likeness (QED) is 0.788. The first-order valence-electron chi connectivity index (χ1n) is 8.40. The summed E-state index contributed by atoms with van der Waals surface area (Å²) in [6.07, 6.45) is 1.26. The number of rotatable bonds is 3. The van der Waals surface area contributed by atoms with Crippen molar-refractivity contribution >= 4 is 33.6 Å². The number of likely N-dealkylation sites (tertiary alicyclic amines) is 1. The predicted molar refractivity (Wildman–Crippen MR) is 102 cm³/mol. The van der Waals surface area contributed by atoms with Crippen molar-refractivity contribution in [1.82, 2.24) is 10.2 Å². The molecule has 1 saturated heterocycles. The molecule has 0 bridgehead atoms. The smallest absolute Gasteiger partial charge is 0.319 e. The van der Waals surface area contributed by atoms with Crippen molar-refractivity contribution < 1.29 is 14.0 Å². The highest BCUT2D eigenvalue weighted by atomic mass is 79.9. The molecule has 1 heterocycles. The molecule has 26 heavy (non-hydrogen) atoms. The number of piperidine rings is 1. The third-order valence-electron chi connectivity index (χ3n) is 4.31. The fourth-order valence-electron chi connectivity index (χ4n) is 2.93. The largest absolute Gasteiger partial charge is 0.338 e. The molecule has 136 valence electrons. The fraction of sp³-hybridized carbons (Fsp3) is 0.263. The second kappa shape index (κ2) is 8.31. The van der Waals surface area contributed by atoms with Crippen LogP contribution in [0.1, 0.15) is 23.2 Å². The zero-order valence-corrected chi connectivity index (χ0v) is 15.6. The Labute approximate surface area is 159 Å². The number of carbonyl (C=O) groups excluding carboxylic acids is 2. The molecule has 0 radical (unpaired) electrons. The van der Waals surface area contributed by atoms with Gasteiger partial charge in [0.05, 0.1) is 5.56 Å². The van der Waals surface area contributed by atoms with Crippen LogP contribution in [0.5, 0.6) is 0 Å². The number of anilines is 1. The number of hydrogen-bond donors (Lipinski definition) is 2. The van der Waals surface area contributed by atoms with Crippen molar-refractivity contribution in [2.75, 3.05) is 18.4 Å². The molecule has 5 nitrogen and oxygen atoms in total. The number of para-hydroxylation sites is 1. The van der Waals surface area contributed by atoms with Crippen LogP contribution in [0.25, 0.3) is 0 Å². The normalized spacial score (nSPS) is 14.8. The van der Waals surface area contributed by atoms with Crippen LogP contribution >= 0.6 is 15.9 Å². The summed E-state index contributed by atoms with van der Waals surface area (Å²) in [5, 5.41) is 5.69. The van der Waals surface area contributed by atoms with Crippen LogP contribution in [-0.2, 0) is 0 Å². The van der Waals surface area contributed by atoms with Gasteiger partial charge in [0.25, 0.3) is 5.91 Å². The molecule has 0 aliphatic carbocycles. The van der Waals surface area contributed by atoms with E-state index in [9.17, 15) is 14.0 Å². The molecular weight excluding hydrogens is 401 g/mol. The molecule has 7 heteroatoms. The summed E-state index contributed by atoms with van der Waals surface area (Å²) in [6.45, 7) is 0.947. The van der Waals surface area contributed by atoms with E-state index in [1.165, 1.54) is 12.1 Å². The monoisotopic (exact) mass is 419 g/mol. The highest BCUT2D eigenvalue weighted by molar-refractivity contribution is 9.10. The average molecular weight is 420 g/mol. The molecule has 1 aliphatic heterocycles. The van der Waals surface area contributed by atoms with Gasteiger partial charge in [0.15, 0.2) is 0 Å². The average Bonchev–Trinajstić information content (AvgIpc) is 2.64. The van der Waals surface area contributed by atoms with Crippen LogP contribution in [0.15, 0.2) is 53.0 Å². The lowest BCUT2D eigenvalue weighted by atomic mass is 10.0. The molecule has 0 unspecified atom stereocenters. The van der Waals surface area contributed by atoms with E-state index in [4.69, 9.17) is 0 Å².